The maximum Gasteiger partial charge on any atom is 0.311 e. The lowest BCUT2D eigenvalue weighted by molar-refractivity contribution is -0.136. The van der Waals surface area contributed by atoms with Crippen LogP contribution < -0.4 is 14.2 Å². The quantitative estimate of drug-likeness (QED) is 0.0601. The summed E-state index contributed by atoms with van der Waals surface area (Å²) in [6.45, 7) is 66.0. The minimum absolute atomic E-state index is 0.0568. The van der Waals surface area contributed by atoms with Gasteiger partial charge in [-0.25, -0.2) is 0 Å². The summed E-state index contributed by atoms with van der Waals surface area (Å²) in [6.07, 6.45) is 1.06. The van der Waals surface area contributed by atoms with E-state index in [9.17, 15) is 29.7 Å². The second-order valence-corrected chi connectivity index (χ2v) is 37.9. The maximum atomic E-state index is 14.7. The van der Waals surface area contributed by atoms with Gasteiger partial charge in [0.2, 0.25) is 0 Å². The Morgan fingerprint density at radius 3 is 0.784 bits per heavy atom. The van der Waals surface area contributed by atoms with E-state index in [4.69, 9.17) is 14.2 Å². The second kappa shape index (κ2) is 28.4. The van der Waals surface area contributed by atoms with Crippen molar-refractivity contribution < 1.29 is 43.9 Å². The molecule has 0 aliphatic carbocycles. The molecule has 4 atom stereocenters. The van der Waals surface area contributed by atoms with Crippen LogP contribution in [0.5, 0.6) is 34.5 Å². The lowest BCUT2D eigenvalue weighted by Crippen LogP contribution is -2.25. The molecule has 0 fully saturated rings. The minimum Gasteiger partial charge on any atom is -0.508 e. The van der Waals surface area contributed by atoms with Crippen LogP contribution in [-0.4, -0.2) is 33.2 Å². The van der Waals surface area contributed by atoms with E-state index in [0.29, 0.717) is 23.7 Å². The Balaban J connectivity index is 1.51. The molecule has 3 N–H and O–H groups in total. The zero-order chi connectivity index (χ0) is 73.8. The average molecular weight is 1330 g/mol. The Morgan fingerprint density at radius 1 is 0.330 bits per heavy atom. The van der Waals surface area contributed by atoms with Crippen molar-refractivity contribution in [2.75, 3.05) is 0 Å². The third-order valence-electron chi connectivity index (χ3n) is 20.0. The Morgan fingerprint density at radius 2 is 0.557 bits per heavy atom. The predicted octanol–water partition coefficient (Wildman–Crippen LogP) is 23.2. The fourth-order valence-electron chi connectivity index (χ4n) is 14.2. The van der Waals surface area contributed by atoms with Gasteiger partial charge >= 0.3 is 17.9 Å². The van der Waals surface area contributed by atoms with Crippen molar-refractivity contribution in [1.29, 1.82) is 0 Å². The molecular weight excluding hydrogens is 1200 g/mol. The van der Waals surface area contributed by atoms with Gasteiger partial charge in [0.05, 0.1) is 19.3 Å². The van der Waals surface area contributed by atoms with Crippen LogP contribution in [0.4, 0.5) is 0 Å². The number of benzene rings is 6. The number of hydrogen-bond acceptors (Lipinski definition) is 9. The number of hydrogen-bond donors (Lipinski definition) is 3. The van der Waals surface area contributed by atoms with E-state index in [2.05, 4.69) is 251 Å². The van der Waals surface area contributed by atoms with Gasteiger partial charge in [0.15, 0.2) is 0 Å². The highest BCUT2D eigenvalue weighted by Crippen LogP contribution is 2.50. The average Bonchev–Trinajstić information content (AvgIpc) is 0.772. The van der Waals surface area contributed by atoms with Crippen molar-refractivity contribution in [2.45, 2.75) is 302 Å². The van der Waals surface area contributed by atoms with Crippen molar-refractivity contribution in [1.82, 2.24) is 0 Å². The van der Waals surface area contributed by atoms with E-state index >= 15 is 0 Å². The van der Waals surface area contributed by atoms with Crippen LogP contribution in [0.3, 0.4) is 0 Å². The Hall–Kier alpha value is -6.87. The summed E-state index contributed by atoms with van der Waals surface area (Å²) in [5, 5.41) is 32.9. The highest BCUT2D eigenvalue weighted by Gasteiger charge is 2.38. The van der Waals surface area contributed by atoms with Gasteiger partial charge in [0.25, 0.3) is 0 Å². The zero-order valence-electron chi connectivity index (χ0n) is 65.7. The molecule has 0 aliphatic rings. The van der Waals surface area contributed by atoms with E-state index in [0.717, 1.165) is 83.5 Å². The molecule has 530 valence electrons. The van der Waals surface area contributed by atoms with Gasteiger partial charge < -0.3 is 29.5 Å². The summed E-state index contributed by atoms with van der Waals surface area (Å²) in [5.41, 5.74) is 11.1. The highest BCUT2D eigenvalue weighted by molar-refractivity contribution is 5.77. The third kappa shape index (κ3) is 19.5. The molecule has 6 aromatic carbocycles. The molecule has 0 amide bonds. The molecule has 6 aromatic rings. The summed E-state index contributed by atoms with van der Waals surface area (Å²) in [5.74, 6) is 0.396. The number of carbonyl (C=O) groups is 3. The van der Waals surface area contributed by atoms with Gasteiger partial charge in [-0.2, -0.15) is 0 Å². The van der Waals surface area contributed by atoms with Crippen molar-refractivity contribution >= 4 is 17.9 Å². The monoisotopic (exact) mass is 1320 g/mol. The lowest BCUT2D eigenvalue weighted by Gasteiger charge is -2.33. The van der Waals surface area contributed by atoms with E-state index in [-0.39, 0.29) is 116 Å². The molecular formula is C88H124O9. The summed E-state index contributed by atoms with van der Waals surface area (Å²) in [4.78, 5) is 44.0. The number of esters is 3. The number of carbonyl (C=O) groups excluding carboxylic acids is 3. The molecule has 97 heavy (non-hydrogen) atoms. The topological polar surface area (TPSA) is 140 Å². The summed E-state index contributed by atoms with van der Waals surface area (Å²) >= 11 is 0. The first-order chi connectivity index (χ1) is 43.9. The van der Waals surface area contributed by atoms with Crippen LogP contribution in [-0.2, 0) is 46.9 Å². The smallest absolute Gasteiger partial charge is 0.311 e. The zero-order valence-corrected chi connectivity index (χ0v) is 65.7. The Labute approximate surface area is 586 Å². The van der Waals surface area contributed by atoms with Crippen molar-refractivity contribution in [2.24, 2.45) is 16.2 Å². The van der Waals surface area contributed by atoms with E-state index < -0.39 is 16.2 Å². The maximum absolute atomic E-state index is 14.7. The van der Waals surface area contributed by atoms with Crippen LogP contribution in [0, 0.1) is 37.0 Å². The fraction of sp³-hybridized carbons (Fsp3) is 0.557. The molecule has 0 saturated heterocycles. The minimum atomic E-state index is -0.475. The Bertz CT molecular complexity index is 3680. The van der Waals surface area contributed by atoms with Gasteiger partial charge in [-0.05, 0) is 203 Å². The second-order valence-electron chi connectivity index (χ2n) is 37.9. The normalized spacial score (nSPS) is 14.8. The molecule has 9 heteroatoms. The van der Waals surface area contributed by atoms with Crippen molar-refractivity contribution in [3.05, 3.63) is 174 Å². The number of ether oxygens (including phenoxy) is 3. The largest absolute Gasteiger partial charge is 0.508 e. The van der Waals surface area contributed by atoms with Crippen LogP contribution >= 0.6 is 0 Å². The van der Waals surface area contributed by atoms with Gasteiger partial charge in [-0.15, -0.1) is 0 Å². The van der Waals surface area contributed by atoms with E-state index in [1.807, 2.05) is 36.4 Å². The number of aromatic hydroxyl groups is 3. The van der Waals surface area contributed by atoms with E-state index in [1.54, 1.807) is 18.2 Å². The molecule has 0 spiro atoms. The molecule has 9 nitrogen and oxygen atoms in total. The first-order valence-electron chi connectivity index (χ1n) is 35.5. The van der Waals surface area contributed by atoms with E-state index in [1.165, 1.54) is 0 Å². The van der Waals surface area contributed by atoms with Crippen molar-refractivity contribution in [3.8, 4) is 34.5 Å². The first-order valence-corrected chi connectivity index (χ1v) is 35.5. The number of aryl methyl sites for hydroxylation is 3. The van der Waals surface area contributed by atoms with Gasteiger partial charge in [0.1, 0.15) is 34.5 Å². The molecule has 0 saturated carbocycles. The lowest BCUT2D eigenvalue weighted by atomic mass is 9.73. The number of phenolic OH excluding ortho intramolecular Hbond substituents is 3. The van der Waals surface area contributed by atoms with Crippen LogP contribution in [0.25, 0.3) is 0 Å². The molecule has 0 heterocycles. The standard InChI is InChI=1S/C88H124O9/c1-51(58-45-68(86(23,24)25)74(39-52(58)2)95-77(92)48-62(80(5,6)7)55-32-35-71(89)65(42-55)83(14,15)16)38-61(59-46-69(87(26,27)28)75(40-53(59)3)96-78(93)49-63(81(8,9)10)56-33-36-72(90)66(43-56)84(17,18)19)60-47-70(88(29,30)31)76(41-54(60)4)97-79(94)50-64(82(11,12)13)57-34-37-73(91)67(44-57)85(20,21)22/h32-37,39-47,51,61-64,89-91H,38,48-50H2,1-31H3. The highest BCUT2D eigenvalue weighted by atomic mass is 16.5. The van der Waals surface area contributed by atoms with Gasteiger partial charge in [0, 0.05) is 22.6 Å². The predicted molar refractivity (Wildman–Crippen MR) is 402 cm³/mol. The number of rotatable bonds is 17. The molecule has 0 bridgehead atoms. The molecule has 6 rings (SSSR count). The molecule has 0 aromatic heterocycles. The summed E-state index contributed by atoms with van der Waals surface area (Å²) in [6, 6.07) is 30.1. The molecule has 0 radical (unpaired) electrons. The summed E-state index contributed by atoms with van der Waals surface area (Å²) in [7, 11) is 0. The Kier molecular flexibility index (Phi) is 23.2. The van der Waals surface area contributed by atoms with Crippen molar-refractivity contribution in [3.63, 3.8) is 0 Å². The van der Waals surface area contributed by atoms with Crippen LogP contribution in [0.2, 0.25) is 0 Å². The third-order valence-corrected chi connectivity index (χ3v) is 20.0. The number of phenols is 3. The molecule has 4 unspecified atom stereocenters. The summed E-state index contributed by atoms with van der Waals surface area (Å²) < 4.78 is 19.8. The molecule has 0 aliphatic heterocycles. The van der Waals surface area contributed by atoms with Gasteiger partial charge in [-0.3, -0.25) is 14.4 Å². The van der Waals surface area contributed by atoms with Gasteiger partial charge in [-0.1, -0.05) is 248 Å². The van der Waals surface area contributed by atoms with Crippen LogP contribution in [0.15, 0.2) is 91.0 Å². The SMILES string of the molecule is Cc1cc(OC(=O)CC(c2ccc(O)c(C(C)(C)C)c2)C(C)(C)C)c(C(C)(C)C)cc1C(C)CC(c1cc(C(C)(C)C)c(OC(=O)CC(c2ccc(O)c(C(C)(C)C)c2)C(C)(C)C)cc1C)c1cc(C(C)(C)C)c(OC(=O)CC(c2ccc(O)c(C(C)(C)C)c2)C(C)(C)C)cc1C. The fourth-order valence-corrected chi connectivity index (χ4v) is 14.2. The van der Waals surface area contributed by atoms with Crippen LogP contribution in [0.1, 0.15) is 333 Å². The first kappa shape index (κ1) is 79.1.